The number of hydrogen-bond acceptors (Lipinski definition) is 1. The molecule has 2 heteroatoms. The topological polar surface area (TPSA) is 22.0 Å². The van der Waals surface area contributed by atoms with Crippen LogP contribution >= 0.6 is 0 Å². The van der Waals surface area contributed by atoms with Gasteiger partial charge in [0.1, 0.15) is 0 Å². The first kappa shape index (κ1) is 10.0. The van der Waals surface area contributed by atoms with E-state index in [-0.39, 0.29) is 5.78 Å². The molecule has 0 unspecified atom stereocenters. The Morgan fingerprint density at radius 1 is 1.46 bits per heavy atom. The molecular weight excluding hydrogens is 162 g/mol. The monoisotopic (exact) mass is 179 g/mol. The van der Waals surface area contributed by atoms with Crippen LogP contribution in [-0.2, 0) is 6.54 Å². The van der Waals surface area contributed by atoms with Gasteiger partial charge in [0.15, 0.2) is 5.78 Å². The molecule has 0 aliphatic rings. The maximum atomic E-state index is 11.3. The van der Waals surface area contributed by atoms with Gasteiger partial charge in [-0.05, 0) is 12.5 Å². The summed E-state index contributed by atoms with van der Waals surface area (Å²) in [5.41, 5.74) is 0.846. The lowest BCUT2D eigenvalue weighted by Gasteiger charge is -1.98. The first-order valence-corrected chi connectivity index (χ1v) is 4.97. The van der Waals surface area contributed by atoms with Crippen molar-refractivity contribution in [1.82, 2.24) is 4.57 Å². The minimum Gasteiger partial charge on any atom is -0.354 e. The predicted molar refractivity (Wildman–Crippen MR) is 54.0 cm³/mol. The zero-order valence-corrected chi connectivity index (χ0v) is 8.42. The van der Waals surface area contributed by atoms with Gasteiger partial charge >= 0.3 is 0 Å². The standard InChI is InChI=1S/C11H17NO/c1-3-5-7-12-8-6-10(9-12)11(13)4-2/h6,8-9H,3-5,7H2,1-2H3. The first-order valence-electron chi connectivity index (χ1n) is 4.97. The van der Waals surface area contributed by atoms with Gasteiger partial charge in [0, 0.05) is 30.9 Å². The number of hydrogen-bond donors (Lipinski definition) is 0. The van der Waals surface area contributed by atoms with Crippen LogP contribution in [0.15, 0.2) is 18.5 Å². The van der Waals surface area contributed by atoms with Crippen molar-refractivity contribution < 1.29 is 4.79 Å². The van der Waals surface area contributed by atoms with E-state index in [1.54, 1.807) is 0 Å². The van der Waals surface area contributed by atoms with E-state index in [1.165, 1.54) is 12.8 Å². The molecule has 0 radical (unpaired) electrons. The summed E-state index contributed by atoms with van der Waals surface area (Å²) in [6.07, 6.45) is 6.89. The molecule has 0 saturated heterocycles. The molecule has 0 saturated carbocycles. The number of aryl methyl sites for hydroxylation is 1. The number of ketones is 1. The number of unbranched alkanes of at least 4 members (excludes halogenated alkanes) is 1. The fourth-order valence-corrected chi connectivity index (χ4v) is 1.29. The average Bonchev–Trinajstić information content (AvgIpc) is 2.62. The summed E-state index contributed by atoms with van der Waals surface area (Å²) in [4.78, 5) is 11.3. The van der Waals surface area contributed by atoms with Crippen LogP contribution in [0.5, 0.6) is 0 Å². The molecule has 13 heavy (non-hydrogen) atoms. The smallest absolute Gasteiger partial charge is 0.164 e. The lowest BCUT2D eigenvalue weighted by molar-refractivity contribution is 0.0988. The van der Waals surface area contributed by atoms with Crippen LogP contribution in [0.25, 0.3) is 0 Å². The summed E-state index contributed by atoms with van der Waals surface area (Å²) < 4.78 is 2.09. The molecule has 1 aromatic rings. The van der Waals surface area contributed by atoms with Gasteiger partial charge in [0.05, 0.1) is 0 Å². The zero-order valence-electron chi connectivity index (χ0n) is 8.42. The third kappa shape index (κ3) is 2.72. The molecule has 0 atom stereocenters. The molecule has 1 rings (SSSR count). The maximum absolute atomic E-state index is 11.3. The molecule has 1 heterocycles. The van der Waals surface area contributed by atoms with E-state index in [0.29, 0.717) is 6.42 Å². The second kappa shape index (κ2) is 4.85. The zero-order chi connectivity index (χ0) is 9.68. The Morgan fingerprint density at radius 2 is 2.23 bits per heavy atom. The number of aromatic nitrogens is 1. The largest absolute Gasteiger partial charge is 0.354 e. The van der Waals surface area contributed by atoms with Crippen molar-refractivity contribution in [3.05, 3.63) is 24.0 Å². The second-order valence-corrected chi connectivity index (χ2v) is 3.27. The highest BCUT2D eigenvalue weighted by molar-refractivity contribution is 5.95. The Balaban J connectivity index is 2.58. The SMILES string of the molecule is CCCCn1ccc(C(=O)CC)c1. The van der Waals surface area contributed by atoms with Gasteiger partial charge in [-0.25, -0.2) is 0 Å². The lowest BCUT2D eigenvalue weighted by atomic mass is 10.2. The fourth-order valence-electron chi connectivity index (χ4n) is 1.29. The molecule has 0 fully saturated rings. The molecule has 0 amide bonds. The normalized spacial score (nSPS) is 10.3. The van der Waals surface area contributed by atoms with E-state index in [4.69, 9.17) is 0 Å². The molecule has 2 nitrogen and oxygen atoms in total. The Labute approximate surface area is 79.6 Å². The Bertz CT molecular complexity index is 275. The summed E-state index contributed by atoms with van der Waals surface area (Å²) >= 11 is 0. The molecule has 0 spiro atoms. The maximum Gasteiger partial charge on any atom is 0.164 e. The summed E-state index contributed by atoms with van der Waals surface area (Å²) in [5, 5.41) is 0. The van der Waals surface area contributed by atoms with Gasteiger partial charge in [-0.2, -0.15) is 0 Å². The quantitative estimate of drug-likeness (QED) is 0.637. The third-order valence-electron chi connectivity index (χ3n) is 2.16. The molecule has 0 bridgehead atoms. The van der Waals surface area contributed by atoms with Crippen molar-refractivity contribution in [2.24, 2.45) is 0 Å². The van der Waals surface area contributed by atoms with E-state index in [0.717, 1.165) is 12.1 Å². The molecular formula is C11H17NO. The third-order valence-corrected chi connectivity index (χ3v) is 2.16. The fraction of sp³-hybridized carbons (Fsp3) is 0.545. The molecule has 72 valence electrons. The first-order chi connectivity index (χ1) is 6.27. The van der Waals surface area contributed by atoms with Crippen LogP contribution in [0.3, 0.4) is 0 Å². The summed E-state index contributed by atoms with van der Waals surface area (Å²) in [6, 6.07) is 1.90. The highest BCUT2D eigenvalue weighted by atomic mass is 16.1. The van der Waals surface area contributed by atoms with Gasteiger partial charge < -0.3 is 4.57 Å². The van der Waals surface area contributed by atoms with Crippen molar-refractivity contribution in [3.63, 3.8) is 0 Å². The molecule has 0 N–H and O–H groups in total. The van der Waals surface area contributed by atoms with Gasteiger partial charge in [-0.3, -0.25) is 4.79 Å². The van der Waals surface area contributed by atoms with Gasteiger partial charge in [-0.15, -0.1) is 0 Å². The Morgan fingerprint density at radius 3 is 2.85 bits per heavy atom. The van der Waals surface area contributed by atoms with Crippen LogP contribution in [-0.4, -0.2) is 10.4 Å². The molecule has 1 aromatic heterocycles. The highest BCUT2D eigenvalue weighted by Gasteiger charge is 2.03. The number of nitrogens with zero attached hydrogens (tertiary/aromatic N) is 1. The van der Waals surface area contributed by atoms with Gasteiger partial charge in [0.25, 0.3) is 0 Å². The van der Waals surface area contributed by atoms with E-state index in [2.05, 4.69) is 11.5 Å². The van der Waals surface area contributed by atoms with E-state index in [1.807, 2.05) is 25.4 Å². The molecule has 0 aromatic carbocycles. The van der Waals surface area contributed by atoms with Crippen molar-refractivity contribution >= 4 is 5.78 Å². The molecule has 0 aliphatic carbocycles. The predicted octanol–water partition coefficient (Wildman–Crippen LogP) is 2.88. The summed E-state index contributed by atoms with van der Waals surface area (Å²) in [6.45, 7) is 5.08. The van der Waals surface area contributed by atoms with Crippen LogP contribution < -0.4 is 0 Å². The van der Waals surface area contributed by atoms with Crippen LogP contribution in [0.4, 0.5) is 0 Å². The van der Waals surface area contributed by atoms with Crippen LogP contribution in [0.2, 0.25) is 0 Å². The number of carbonyl (C=O) groups excluding carboxylic acids is 1. The van der Waals surface area contributed by atoms with Crippen molar-refractivity contribution in [3.8, 4) is 0 Å². The summed E-state index contributed by atoms with van der Waals surface area (Å²) in [5.74, 6) is 0.232. The average molecular weight is 179 g/mol. The van der Waals surface area contributed by atoms with E-state index < -0.39 is 0 Å². The molecule has 0 aliphatic heterocycles. The number of rotatable bonds is 5. The van der Waals surface area contributed by atoms with Crippen LogP contribution in [0, 0.1) is 0 Å². The minimum atomic E-state index is 0.232. The van der Waals surface area contributed by atoms with Gasteiger partial charge in [-0.1, -0.05) is 20.3 Å². The number of Topliss-reactive ketones (excluding diaryl/α,β-unsaturated/α-hetero) is 1. The minimum absolute atomic E-state index is 0.232. The van der Waals surface area contributed by atoms with E-state index in [9.17, 15) is 4.79 Å². The number of carbonyl (C=O) groups is 1. The second-order valence-electron chi connectivity index (χ2n) is 3.27. The highest BCUT2D eigenvalue weighted by Crippen LogP contribution is 2.05. The van der Waals surface area contributed by atoms with Crippen molar-refractivity contribution in [2.75, 3.05) is 0 Å². The lowest BCUT2D eigenvalue weighted by Crippen LogP contribution is -1.96. The van der Waals surface area contributed by atoms with Crippen molar-refractivity contribution in [1.29, 1.82) is 0 Å². The van der Waals surface area contributed by atoms with Gasteiger partial charge in [0.2, 0.25) is 0 Å². The summed E-state index contributed by atoms with van der Waals surface area (Å²) in [7, 11) is 0. The van der Waals surface area contributed by atoms with Crippen molar-refractivity contribution in [2.45, 2.75) is 39.7 Å². The van der Waals surface area contributed by atoms with E-state index >= 15 is 0 Å². The van der Waals surface area contributed by atoms with Crippen LogP contribution in [0.1, 0.15) is 43.5 Å². The Kier molecular flexibility index (Phi) is 3.74. The Hall–Kier alpha value is -1.05.